The van der Waals surface area contributed by atoms with Gasteiger partial charge in [0.15, 0.2) is 0 Å². The number of alkyl halides is 3. The van der Waals surface area contributed by atoms with Crippen molar-refractivity contribution in [2.45, 2.75) is 36.1 Å². The van der Waals surface area contributed by atoms with Gasteiger partial charge in [-0.05, 0) is 95.5 Å². The third-order valence-electron chi connectivity index (χ3n) is 6.28. The Morgan fingerprint density at radius 3 is 2.19 bits per heavy atom. The minimum absolute atomic E-state index is 0.101. The first kappa shape index (κ1) is 20.8. The number of benzene rings is 2. The maximum atomic E-state index is 14.3. The zero-order chi connectivity index (χ0) is 21.6. The summed E-state index contributed by atoms with van der Waals surface area (Å²) in [4.78, 5) is 2.64. The first-order chi connectivity index (χ1) is 14.9. The largest absolute Gasteiger partial charge is 0.446 e. The van der Waals surface area contributed by atoms with Crippen molar-refractivity contribution >= 4 is 29.5 Å². The second-order valence-corrected chi connectivity index (χ2v) is 9.72. The summed E-state index contributed by atoms with van der Waals surface area (Å²) in [6, 6.07) is 9.59. The fourth-order valence-corrected chi connectivity index (χ4v) is 5.19. The molecule has 0 unspecified atom stereocenters. The van der Waals surface area contributed by atoms with Crippen LogP contribution >= 0.6 is 11.8 Å². The number of hydrogen-bond donors (Lipinski definition) is 0. The molecule has 2 fully saturated rings. The van der Waals surface area contributed by atoms with Crippen LogP contribution in [0.2, 0.25) is 0 Å². The highest BCUT2D eigenvalue weighted by atomic mass is 32.2. The lowest BCUT2D eigenvalue weighted by Gasteiger charge is -2.30. The van der Waals surface area contributed by atoms with E-state index in [1.165, 1.54) is 36.6 Å². The number of likely N-dealkylation sites (tertiary alicyclic amines) is 1. The van der Waals surface area contributed by atoms with E-state index in [0.29, 0.717) is 0 Å². The molecule has 6 heteroatoms. The summed E-state index contributed by atoms with van der Waals surface area (Å²) in [5.41, 5.74) is 1.07. The Morgan fingerprint density at radius 2 is 1.55 bits per heavy atom. The maximum absolute atomic E-state index is 14.3. The number of nitrogens with zero attached hydrogens (tertiary/aromatic N) is 1. The molecule has 31 heavy (non-hydrogen) atoms. The fourth-order valence-electron chi connectivity index (χ4n) is 4.61. The molecule has 0 amide bonds. The predicted molar refractivity (Wildman–Crippen MR) is 118 cm³/mol. The van der Waals surface area contributed by atoms with Gasteiger partial charge in [-0.1, -0.05) is 29.9 Å². The molecule has 2 aliphatic carbocycles. The van der Waals surface area contributed by atoms with Gasteiger partial charge in [0, 0.05) is 24.5 Å². The summed E-state index contributed by atoms with van der Waals surface area (Å²) < 4.78 is 53.3. The number of fused-ring (bicyclic) bond motifs is 2. The predicted octanol–water partition coefficient (Wildman–Crippen LogP) is 7.23. The highest BCUT2D eigenvalue weighted by molar-refractivity contribution is 8.00. The molecule has 3 aliphatic rings. The minimum atomic E-state index is -4.35. The van der Waals surface area contributed by atoms with E-state index in [-0.39, 0.29) is 22.5 Å². The Balaban J connectivity index is 1.59. The Kier molecular flexibility index (Phi) is 5.47. The lowest BCUT2D eigenvalue weighted by Crippen LogP contribution is -2.32. The van der Waals surface area contributed by atoms with E-state index in [9.17, 15) is 17.6 Å². The zero-order valence-corrected chi connectivity index (χ0v) is 17.8. The molecule has 1 nitrogen and oxygen atoms in total. The molecule has 5 rings (SSSR count). The fraction of sp³-hybridized carbons (Fsp3) is 0.360. The molecular formula is C25H23F4NS. The lowest BCUT2D eigenvalue weighted by atomic mass is 9.86. The molecule has 1 heterocycles. The Labute approximate surface area is 183 Å². The molecule has 0 radical (unpaired) electrons. The van der Waals surface area contributed by atoms with E-state index < -0.39 is 5.51 Å². The van der Waals surface area contributed by atoms with Gasteiger partial charge < -0.3 is 4.90 Å². The third kappa shape index (κ3) is 4.75. The van der Waals surface area contributed by atoms with Crippen molar-refractivity contribution in [1.82, 2.24) is 4.90 Å². The molecule has 2 aromatic rings. The zero-order valence-electron chi connectivity index (χ0n) is 17.0. The Morgan fingerprint density at radius 1 is 0.903 bits per heavy atom. The van der Waals surface area contributed by atoms with E-state index in [2.05, 4.69) is 4.90 Å². The highest BCUT2D eigenvalue weighted by Crippen LogP contribution is 2.43. The van der Waals surface area contributed by atoms with Crippen molar-refractivity contribution in [2.24, 2.45) is 5.92 Å². The van der Waals surface area contributed by atoms with E-state index in [4.69, 9.17) is 0 Å². The summed E-state index contributed by atoms with van der Waals surface area (Å²) >= 11 is -0.101. The summed E-state index contributed by atoms with van der Waals surface area (Å²) in [6.45, 7) is 3.03. The minimum Gasteiger partial charge on any atom is -0.302 e. The molecule has 2 aromatic carbocycles. The molecule has 0 bridgehead atoms. The van der Waals surface area contributed by atoms with Crippen molar-refractivity contribution in [3.8, 4) is 0 Å². The first-order valence-electron chi connectivity index (χ1n) is 10.7. The van der Waals surface area contributed by atoms with Crippen LogP contribution in [0, 0.1) is 11.7 Å². The van der Waals surface area contributed by atoms with Crippen LogP contribution in [0.1, 0.15) is 47.9 Å². The van der Waals surface area contributed by atoms with Gasteiger partial charge in [-0.15, -0.1) is 0 Å². The normalized spacial score (nSPS) is 19.2. The van der Waals surface area contributed by atoms with Crippen molar-refractivity contribution in [1.29, 1.82) is 0 Å². The van der Waals surface area contributed by atoms with Crippen LogP contribution in [-0.2, 0) is 0 Å². The summed E-state index contributed by atoms with van der Waals surface area (Å²) in [6.07, 6.45) is 8.19. The van der Waals surface area contributed by atoms with Crippen molar-refractivity contribution < 1.29 is 17.6 Å². The van der Waals surface area contributed by atoms with Gasteiger partial charge in [-0.3, -0.25) is 0 Å². The van der Waals surface area contributed by atoms with Crippen LogP contribution in [0.3, 0.4) is 0 Å². The van der Waals surface area contributed by atoms with E-state index in [1.54, 1.807) is 18.2 Å². The van der Waals surface area contributed by atoms with E-state index in [1.807, 2.05) is 12.2 Å². The molecule has 162 valence electrons. The van der Waals surface area contributed by atoms with Crippen molar-refractivity contribution in [2.75, 3.05) is 19.6 Å². The van der Waals surface area contributed by atoms with Crippen molar-refractivity contribution in [3.05, 3.63) is 70.0 Å². The highest BCUT2D eigenvalue weighted by Gasteiger charge is 2.31. The van der Waals surface area contributed by atoms with Crippen LogP contribution in [0.5, 0.6) is 0 Å². The molecule has 1 saturated carbocycles. The lowest BCUT2D eigenvalue weighted by molar-refractivity contribution is -0.0328. The van der Waals surface area contributed by atoms with Gasteiger partial charge in [0.05, 0.1) is 0 Å². The molecule has 0 N–H and O–H groups in total. The number of halogens is 4. The monoisotopic (exact) mass is 445 g/mol. The van der Waals surface area contributed by atoms with E-state index in [0.717, 1.165) is 66.2 Å². The summed E-state index contributed by atoms with van der Waals surface area (Å²) in [5.74, 6) is 0.495. The average Bonchev–Trinajstić information content (AvgIpc) is 3.54. The second kappa shape index (κ2) is 8.14. The average molecular weight is 446 g/mol. The Bertz CT molecular complexity index is 1060. The number of hydrogen-bond acceptors (Lipinski definition) is 2. The van der Waals surface area contributed by atoms with Gasteiger partial charge in [-0.25, -0.2) is 4.39 Å². The molecule has 1 saturated heterocycles. The number of rotatable bonds is 3. The molecule has 0 aromatic heterocycles. The van der Waals surface area contributed by atoms with E-state index >= 15 is 0 Å². The quantitative estimate of drug-likeness (QED) is 0.309. The topological polar surface area (TPSA) is 3.24 Å². The molecule has 0 atom stereocenters. The van der Waals surface area contributed by atoms with Gasteiger partial charge >= 0.3 is 5.51 Å². The standard InChI is InChI=1S/C25H23F4NS/c26-20-7-5-17-3-4-18-6-8-21(31-25(27,28)29)14-23(18)24(22(17)13-20)19-9-11-30(12-10-19)15-16-1-2-16/h3-8,13-14,16H,1-2,9-12,15H2. The Hall–Kier alpha value is -2.05. The number of thioether (sulfide) groups is 1. The molecular weight excluding hydrogens is 422 g/mol. The van der Waals surface area contributed by atoms with Crippen LogP contribution in [0.4, 0.5) is 17.6 Å². The summed E-state index contributed by atoms with van der Waals surface area (Å²) in [7, 11) is 0. The maximum Gasteiger partial charge on any atom is 0.446 e. The molecule has 0 spiro atoms. The first-order valence-corrected chi connectivity index (χ1v) is 11.5. The smallest absolute Gasteiger partial charge is 0.302 e. The van der Waals surface area contributed by atoms with Gasteiger partial charge in [-0.2, -0.15) is 13.2 Å². The van der Waals surface area contributed by atoms with Crippen molar-refractivity contribution in [3.63, 3.8) is 0 Å². The SMILES string of the molecule is Fc1ccc2c(c1)C(=C1CCN(CC3CC3)CC1)c1cc(SC(F)(F)F)ccc1C=C2. The molecule has 1 aliphatic heterocycles. The van der Waals surface area contributed by atoms with Gasteiger partial charge in [0.25, 0.3) is 0 Å². The summed E-state index contributed by atoms with van der Waals surface area (Å²) in [5, 5.41) is 0. The second-order valence-electron chi connectivity index (χ2n) is 8.58. The number of piperidine rings is 1. The van der Waals surface area contributed by atoms with Gasteiger partial charge in [0.1, 0.15) is 5.82 Å². The van der Waals surface area contributed by atoms with Gasteiger partial charge in [0.2, 0.25) is 0 Å². The van der Waals surface area contributed by atoms with Crippen LogP contribution < -0.4 is 0 Å². The van der Waals surface area contributed by atoms with Crippen LogP contribution in [0.25, 0.3) is 17.7 Å². The third-order valence-corrected chi connectivity index (χ3v) is 7.00. The van der Waals surface area contributed by atoms with Crippen LogP contribution in [-0.4, -0.2) is 30.0 Å². The van der Waals surface area contributed by atoms with Crippen LogP contribution in [0.15, 0.2) is 46.9 Å².